The molecule has 0 aliphatic heterocycles. The Morgan fingerprint density at radius 1 is 1.22 bits per heavy atom. The summed E-state index contributed by atoms with van der Waals surface area (Å²) in [6, 6.07) is 3.23. The first-order chi connectivity index (χ1) is 8.30. The molecule has 0 aromatic heterocycles. The second-order valence-electron chi connectivity index (χ2n) is 4.94. The number of benzene rings is 1. The average Bonchev–Trinajstić information content (AvgIpc) is 2.58. The Kier molecular flexibility index (Phi) is 3.36. The molecule has 0 spiro atoms. The highest BCUT2D eigenvalue weighted by molar-refractivity contribution is 5.30. The van der Waals surface area contributed by atoms with Crippen LogP contribution in [-0.2, 0) is 6.18 Å². The van der Waals surface area contributed by atoms with Crippen LogP contribution >= 0.6 is 0 Å². The normalized spacial score (nSPS) is 28.7. The van der Waals surface area contributed by atoms with Crippen molar-refractivity contribution in [3.63, 3.8) is 0 Å². The molecule has 1 aromatic carbocycles. The van der Waals surface area contributed by atoms with Crippen molar-refractivity contribution in [3.8, 4) is 0 Å². The first kappa shape index (κ1) is 13.3. The number of hydrogen-bond acceptors (Lipinski definition) is 1. The van der Waals surface area contributed by atoms with Gasteiger partial charge in [0.2, 0.25) is 0 Å². The molecule has 3 unspecified atom stereocenters. The molecule has 2 rings (SSSR count). The summed E-state index contributed by atoms with van der Waals surface area (Å²) >= 11 is 0. The molecule has 100 valence electrons. The van der Waals surface area contributed by atoms with Crippen molar-refractivity contribution in [2.75, 3.05) is 0 Å². The summed E-state index contributed by atoms with van der Waals surface area (Å²) in [5, 5.41) is 0. The Balaban J connectivity index is 2.30. The molecule has 18 heavy (non-hydrogen) atoms. The molecule has 0 heterocycles. The van der Waals surface area contributed by atoms with Gasteiger partial charge in [-0.05, 0) is 42.4 Å². The number of rotatable bonds is 1. The van der Waals surface area contributed by atoms with E-state index in [0.29, 0.717) is 5.56 Å². The highest BCUT2D eigenvalue weighted by atomic mass is 19.4. The Morgan fingerprint density at radius 3 is 2.33 bits per heavy atom. The zero-order chi connectivity index (χ0) is 13.5. The molecule has 0 bridgehead atoms. The van der Waals surface area contributed by atoms with Crippen molar-refractivity contribution in [3.05, 3.63) is 35.1 Å². The lowest BCUT2D eigenvalue weighted by Crippen LogP contribution is -2.24. The molecule has 2 N–H and O–H groups in total. The zero-order valence-corrected chi connectivity index (χ0v) is 9.97. The number of alkyl halides is 3. The Bertz CT molecular complexity index is 441. The van der Waals surface area contributed by atoms with Crippen LogP contribution in [0.1, 0.15) is 36.8 Å². The minimum Gasteiger partial charge on any atom is -0.327 e. The summed E-state index contributed by atoms with van der Waals surface area (Å²) < 4.78 is 50.8. The van der Waals surface area contributed by atoms with Gasteiger partial charge in [0.1, 0.15) is 5.82 Å². The van der Waals surface area contributed by atoms with Crippen LogP contribution in [0.15, 0.2) is 18.2 Å². The summed E-state index contributed by atoms with van der Waals surface area (Å²) in [7, 11) is 0. The molecule has 1 saturated carbocycles. The first-order valence-electron chi connectivity index (χ1n) is 5.93. The predicted molar refractivity (Wildman–Crippen MR) is 60.5 cm³/mol. The van der Waals surface area contributed by atoms with Crippen molar-refractivity contribution in [1.29, 1.82) is 0 Å². The average molecular weight is 261 g/mol. The lowest BCUT2D eigenvalue weighted by Gasteiger charge is -2.19. The van der Waals surface area contributed by atoms with Gasteiger partial charge in [-0.3, -0.25) is 0 Å². The lowest BCUT2D eigenvalue weighted by molar-refractivity contribution is -0.140. The maximum Gasteiger partial charge on any atom is 0.419 e. The van der Waals surface area contributed by atoms with Crippen molar-refractivity contribution < 1.29 is 17.6 Å². The van der Waals surface area contributed by atoms with E-state index in [1.807, 2.05) is 6.92 Å². The van der Waals surface area contributed by atoms with E-state index in [1.54, 1.807) is 0 Å². The third-order valence-electron chi connectivity index (χ3n) is 3.85. The van der Waals surface area contributed by atoms with E-state index in [0.717, 1.165) is 25.0 Å². The van der Waals surface area contributed by atoms with Crippen LogP contribution in [0.5, 0.6) is 0 Å². The van der Waals surface area contributed by atoms with Crippen LogP contribution in [0, 0.1) is 11.7 Å². The topological polar surface area (TPSA) is 26.0 Å². The zero-order valence-electron chi connectivity index (χ0n) is 9.97. The van der Waals surface area contributed by atoms with Crippen LogP contribution in [0.25, 0.3) is 0 Å². The quantitative estimate of drug-likeness (QED) is 0.767. The molecule has 1 aromatic rings. The molecule has 0 radical (unpaired) electrons. The molecule has 3 atom stereocenters. The van der Waals surface area contributed by atoms with Crippen LogP contribution in [0.3, 0.4) is 0 Å². The van der Waals surface area contributed by atoms with Gasteiger partial charge in [-0.25, -0.2) is 4.39 Å². The summed E-state index contributed by atoms with van der Waals surface area (Å²) in [6.45, 7) is 1.96. The molecule has 0 amide bonds. The second-order valence-corrected chi connectivity index (χ2v) is 4.94. The molecule has 1 fully saturated rings. The van der Waals surface area contributed by atoms with E-state index in [-0.39, 0.29) is 17.9 Å². The highest BCUT2D eigenvalue weighted by Crippen LogP contribution is 2.40. The summed E-state index contributed by atoms with van der Waals surface area (Å²) in [4.78, 5) is 0. The number of nitrogens with two attached hydrogens (primary N) is 1. The van der Waals surface area contributed by atoms with Gasteiger partial charge in [0.15, 0.2) is 0 Å². The Labute approximate surface area is 103 Å². The predicted octanol–water partition coefficient (Wildman–Crippen LogP) is 3.69. The molecule has 1 aliphatic carbocycles. The third kappa shape index (κ3) is 2.36. The van der Waals surface area contributed by atoms with Crippen LogP contribution in [0.2, 0.25) is 0 Å². The van der Waals surface area contributed by atoms with E-state index < -0.39 is 17.6 Å². The summed E-state index contributed by atoms with van der Waals surface area (Å²) in [6.07, 6.45) is -3.01. The van der Waals surface area contributed by atoms with E-state index in [9.17, 15) is 17.6 Å². The molecule has 0 saturated heterocycles. The number of hydrogen-bond donors (Lipinski definition) is 1. The van der Waals surface area contributed by atoms with Gasteiger partial charge in [-0.2, -0.15) is 13.2 Å². The molecular weight excluding hydrogens is 246 g/mol. The second kappa shape index (κ2) is 4.53. The van der Waals surface area contributed by atoms with Gasteiger partial charge in [0.05, 0.1) is 5.56 Å². The van der Waals surface area contributed by atoms with Crippen molar-refractivity contribution >= 4 is 0 Å². The smallest absolute Gasteiger partial charge is 0.327 e. The van der Waals surface area contributed by atoms with E-state index in [4.69, 9.17) is 5.73 Å². The monoisotopic (exact) mass is 261 g/mol. The van der Waals surface area contributed by atoms with Crippen molar-refractivity contribution in [2.45, 2.75) is 37.9 Å². The highest BCUT2D eigenvalue weighted by Gasteiger charge is 2.36. The van der Waals surface area contributed by atoms with E-state index in [2.05, 4.69) is 0 Å². The minimum atomic E-state index is -4.64. The van der Waals surface area contributed by atoms with Gasteiger partial charge < -0.3 is 5.73 Å². The van der Waals surface area contributed by atoms with Crippen LogP contribution in [0.4, 0.5) is 17.6 Å². The Morgan fingerprint density at radius 2 is 1.89 bits per heavy atom. The van der Waals surface area contributed by atoms with E-state index in [1.165, 1.54) is 6.07 Å². The molecule has 1 aliphatic rings. The number of halogens is 4. The fourth-order valence-electron chi connectivity index (χ4n) is 2.66. The molecule has 1 nitrogen and oxygen atoms in total. The van der Waals surface area contributed by atoms with Gasteiger partial charge in [0, 0.05) is 6.04 Å². The van der Waals surface area contributed by atoms with Gasteiger partial charge in [-0.1, -0.05) is 13.0 Å². The van der Waals surface area contributed by atoms with Gasteiger partial charge >= 0.3 is 6.18 Å². The molecule has 5 heteroatoms. The van der Waals surface area contributed by atoms with Crippen molar-refractivity contribution in [1.82, 2.24) is 0 Å². The van der Waals surface area contributed by atoms with Gasteiger partial charge in [-0.15, -0.1) is 0 Å². The third-order valence-corrected chi connectivity index (χ3v) is 3.85. The van der Waals surface area contributed by atoms with Crippen molar-refractivity contribution in [2.24, 2.45) is 11.7 Å². The maximum atomic E-state index is 13.5. The van der Waals surface area contributed by atoms with E-state index >= 15 is 0 Å². The molecular formula is C13H15F4N. The SMILES string of the molecule is CC1C(N)CCC1c1ccc(C(F)(F)F)c(F)c1. The largest absolute Gasteiger partial charge is 0.419 e. The lowest BCUT2D eigenvalue weighted by atomic mass is 9.88. The Hall–Kier alpha value is -1.10. The summed E-state index contributed by atoms with van der Waals surface area (Å²) in [5.74, 6) is -0.981. The van der Waals surface area contributed by atoms with Crippen LogP contribution in [-0.4, -0.2) is 6.04 Å². The van der Waals surface area contributed by atoms with Gasteiger partial charge in [0.25, 0.3) is 0 Å². The standard InChI is InChI=1S/C13H15F4N/c1-7-9(3-5-12(7)18)8-2-4-10(11(14)6-8)13(15,16)17/h2,4,6-7,9,12H,3,5,18H2,1H3. The fourth-order valence-corrected chi connectivity index (χ4v) is 2.66. The fraction of sp³-hybridized carbons (Fsp3) is 0.538. The maximum absolute atomic E-state index is 13.5. The summed E-state index contributed by atoms with van der Waals surface area (Å²) in [5.41, 5.74) is 5.27. The minimum absolute atomic E-state index is 0.0420. The van der Waals surface area contributed by atoms with Crippen LogP contribution < -0.4 is 5.73 Å². The first-order valence-corrected chi connectivity index (χ1v) is 5.93.